The van der Waals surface area contributed by atoms with E-state index < -0.39 is 0 Å². The molecule has 0 aliphatic carbocycles. The lowest BCUT2D eigenvalue weighted by molar-refractivity contribution is 0.0741. The summed E-state index contributed by atoms with van der Waals surface area (Å²) in [4.78, 5) is 14.7. The third-order valence-corrected chi connectivity index (χ3v) is 3.41. The molecule has 1 aromatic carbocycles. The summed E-state index contributed by atoms with van der Waals surface area (Å²) >= 11 is 16.8. The zero-order chi connectivity index (χ0) is 15.3. The summed E-state index contributed by atoms with van der Waals surface area (Å²) in [6, 6.07) is 4.86. The highest BCUT2D eigenvalue weighted by Gasteiger charge is 2.19. The number of carbonyl (C=O) groups excluding carboxylic acids is 1. The van der Waals surface area contributed by atoms with Gasteiger partial charge in [0.15, 0.2) is 0 Å². The van der Waals surface area contributed by atoms with Gasteiger partial charge in [0.05, 0.1) is 15.6 Å². The zero-order valence-corrected chi connectivity index (χ0v) is 13.9. The van der Waals surface area contributed by atoms with E-state index in [1.165, 1.54) is 0 Å². The number of halogens is 2. The summed E-state index contributed by atoms with van der Waals surface area (Å²) in [6.07, 6.45) is 0.499. The summed E-state index contributed by atoms with van der Waals surface area (Å²) in [5.41, 5.74) is 5.95. The molecule has 1 rings (SSSR count). The van der Waals surface area contributed by atoms with Gasteiger partial charge in [0.1, 0.15) is 0 Å². The van der Waals surface area contributed by atoms with Gasteiger partial charge in [-0.1, -0.05) is 49.3 Å². The molecule has 0 aliphatic heterocycles. The molecular weight excluding hydrogens is 315 g/mol. The second kappa shape index (κ2) is 7.81. The molecule has 0 spiro atoms. The van der Waals surface area contributed by atoms with E-state index in [4.69, 9.17) is 41.2 Å². The number of carbonyl (C=O) groups is 1. The highest BCUT2D eigenvalue weighted by atomic mass is 35.5. The van der Waals surface area contributed by atoms with E-state index in [-0.39, 0.29) is 5.91 Å². The van der Waals surface area contributed by atoms with Crippen LogP contribution in [-0.4, -0.2) is 28.9 Å². The number of benzene rings is 1. The average molecular weight is 333 g/mol. The van der Waals surface area contributed by atoms with E-state index >= 15 is 0 Å². The molecule has 0 bridgehead atoms. The minimum absolute atomic E-state index is 0.128. The molecule has 0 unspecified atom stereocenters. The smallest absolute Gasteiger partial charge is 0.255 e. The van der Waals surface area contributed by atoms with Crippen molar-refractivity contribution in [2.24, 2.45) is 11.7 Å². The molecule has 0 atom stereocenters. The van der Waals surface area contributed by atoms with Crippen LogP contribution in [0.3, 0.4) is 0 Å². The minimum atomic E-state index is -0.128. The van der Waals surface area contributed by atoms with Gasteiger partial charge in [0.2, 0.25) is 0 Å². The van der Waals surface area contributed by atoms with E-state index in [1.54, 1.807) is 23.1 Å². The van der Waals surface area contributed by atoms with Crippen molar-refractivity contribution in [3.8, 4) is 0 Å². The Morgan fingerprint density at radius 2 is 2.05 bits per heavy atom. The van der Waals surface area contributed by atoms with Crippen LogP contribution in [0.2, 0.25) is 10.0 Å². The number of nitrogens with zero attached hydrogens (tertiary/aromatic N) is 1. The second-order valence-corrected chi connectivity index (χ2v) is 6.35. The number of hydrogen-bond donors (Lipinski definition) is 1. The number of nitrogens with two attached hydrogens (primary N) is 1. The van der Waals surface area contributed by atoms with Crippen molar-refractivity contribution in [3.05, 3.63) is 33.8 Å². The highest BCUT2D eigenvalue weighted by molar-refractivity contribution is 7.80. The van der Waals surface area contributed by atoms with Crippen molar-refractivity contribution < 1.29 is 4.79 Å². The number of rotatable bonds is 6. The predicted molar refractivity (Wildman–Crippen MR) is 88.6 cm³/mol. The molecule has 0 fully saturated rings. The lowest BCUT2D eigenvalue weighted by Gasteiger charge is -2.25. The van der Waals surface area contributed by atoms with Crippen LogP contribution in [0.1, 0.15) is 30.6 Å². The Labute approximate surface area is 135 Å². The third kappa shape index (κ3) is 5.27. The Bertz CT molecular complexity index is 506. The van der Waals surface area contributed by atoms with Gasteiger partial charge in [0.25, 0.3) is 5.91 Å². The van der Waals surface area contributed by atoms with Gasteiger partial charge in [0, 0.05) is 24.5 Å². The molecular formula is C14H18Cl2N2OS. The maximum atomic E-state index is 12.5. The summed E-state index contributed by atoms with van der Waals surface area (Å²) in [5.74, 6) is 0.216. The second-order valence-electron chi connectivity index (χ2n) is 4.99. The van der Waals surface area contributed by atoms with Crippen molar-refractivity contribution in [2.75, 3.05) is 13.1 Å². The van der Waals surface area contributed by atoms with Crippen molar-refractivity contribution in [2.45, 2.75) is 20.3 Å². The molecule has 0 heterocycles. The normalized spacial score (nSPS) is 10.7. The van der Waals surface area contributed by atoms with Gasteiger partial charge in [-0.05, 0) is 24.1 Å². The molecule has 1 aromatic rings. The molecule has 1 amide bonds. The molecule has 3 nitrogen and oxygen atoms in total. The third-order valence-electron chi connectivity index (χ3n) is 2.66. The Hall–Kier alpha value is -0.840. The van der Waals surface area contributed by atoms with Gasteiger partial charge >= 0.3 is 0 Å². The summed E-state index contributed by atoms with van der Waals surface area (Å²) in [6.45, 7) is 5.21. The van der Waals surface area contributed by atoms with Crippen molar-refractivity contribution in [3.63, 3.8) is 0 Å². The van der Waals surface area contributed by atoms with Crippen molar-refractivity contribution >= 4 is 46.3 Å². The number of amides is 1. The topological polar surface area (TPSA) is 46.3 Å². The first-order valence-corrected chi connectivity index (χ1v) is 7.50. The Morgan fingerprint density at radius 3 is 2.55 bits per heavy atom. The molecule has 110 valence electrons. The first-order valence-electron chi connectivity index (χ1n) is 6.34. The number of hydrogen-bond acceptors (Lipinski definition) is 2. The molecule has 6 heteroatoms. The van der Waals surface area contributed by atoms with Gasteiger partial charge in [-0.2, -0.15) is 0 Å². The van der Waals surface area contributed by atoms with Gasteiger partial charge in [-0.25, -0.2) is 0 Å². The van der Waals surface area contributed by atoms with Gasteiger partial charge in [-0.3, -0.25) is 4.79 Å². The van der Waals surface area contributed by atoms with Crippen LogP contribution in [-0.2, 0) is 0 Å². The fourth-order valence-electron chi connectivity index (χ4n) is 1.79. The largest absolute Gasteiger partial charge is 0.393 e. The zero-order valence-electron chi connectivity index (χ0n) is 11.5. The Morgan fingerprint density at radius 1 is 1.40 bits per heavy atom. The average Bonchev–Trinajstić information content (AvgIpc) is 2.33. The Kier molecular flexibility index (Phi) is 6.72. The summed E-state index contributed by atoms with van der Waals surface area (Å²) in [5, 5.41) is 0.858. The van der Waals surface area contributed by atoms with E-state index in [0.717, 1.165) is 0 Å². The maximum absolute atomic E-state index is 12.5. The van der Waals surface area contributed by atoms with Crippen LogP contribution < -0.4 is 5.73 Å². The van der Waals surface area contributed by atoms with Crippen LogP contribution in [0.5, 0.6) is 0 Å². The van der Waals surface area contributed by atoms with Crippen LogP contribution in [0.25, 0.3) is 0 Å². The summed E-state index contributed by atoms with van der Waals surface area (Å²) in [7, 11) is 0. The van der Waals surface area contributed by atoms with E-state index in [1.807, 2.05) is 13.8 Å². The van der Waals surface area contributed by atoms with Crippen molar-refractivity contribution in [1.82, 2.24) is 4.90 Å². The summed E-state index contributed by atoms with van der Waals surface area (Å²) < 4.78 is 0. The van der Waals surface area contributed by atoms with Crippen molar-refractivity contribution in [1.29, 1.82) is 0 Å². The lowest BCUT2D eigenvalue weighted by Crippen LogP contribution is -2.36. The molecule has 0 aromatic heterocycles. The monoisotopic (exact) mass is 332 g/mol. The molecule has 0 saturated heterocycles. The van der Waals surface area contributed by atoms with Gasteiger partial charge in [-0.15, -0.1) is 0 Å². The van der Waals surface area contributed by atoms with E-state index in [0.29, 0.717) is 46.0 Å². The first-order chi connectivity index (χ1) is 9.31. The maximum Gasteiger partial charge on any atom is 0.255 e. The molecule has 0 radical (unpaired) electrons. The lowest BCUT2D eigenvalue weighted by atomic mass is 10.1. The van der Waals surface area contributed by atoms with Crippen LogP contribution in [0.4, 0.5) is 0 Å². The number of thiocarbonyl (C=S) groups is 1. The van der Waals surface area contributed by atoms with Crippen LogP contribution in [0.15, 0.2) is 18.2 Å². The predicted octanol–water partition coefficient (Wildman–Crippen LogP) is 3.77. The molecule has 20 heavy (non-hydrogen) atoms. The SMILES string of the molecule is CC(C)CN(CCC(N)=S)C(=O)c1ccc(Cl)cc1Cl. The quantitative estimate of drug-likeness (QED) is 0.806. The Balaban J connectivity index is 2.93. The highest BCUT2D eigenvalue weighted by Crippen LogP contribution is 2.22. The standard InChI is InChI=1S/C14H18Cl2N2OS/c1-9(2)8-18(6-5-13(17)20)14(19)11-4-3-10(15)7-12(11)16/h3-4,7,9H,5-6,8H2,1-2H3,(H2,17,20). The molecule has 0 saturated carbocycles. The fraction of sp³-hybridized carbons (Fsp3) is 0.429. The first kappa shape index (κ1) is 17.2. The molecule has 0 aliphatic rings. The van der Waals surface area contributed by atoms with E-state index in [2.05, 4.69) is 0 Å². The van der Waals surface area contributed by atoms with Gasteiger partial charge < -0.3 is 10.6 Å². The van der Waals surface area contributed by atoms with Crippen LogP contribution >= 0.6 is 35.4 Å². The van der Waals surface area contributed by atoms with Crippen LogP contribution in [0, 0.1) is 5.92 Å². The fourth-order valence-corrected chi connectivity index (χ4v) is 2.38. The van der Waals surface area contributed by atoms with E-state index in [9.17, 15) is 4.79 Å². The minimum Gasteiger partial charge on any atom is -0.393 e. The molecule has 2 N–H and O–H groups in total.